The number of anilines is 1. The molecule has 23 heavy (non-hydrogen) atoms. The number of aromatic nitrogens is 1. The van der Waals surface area contributed by atoms with Gasteiger partial charge >= 0.3 is 5.97 Å². The van der Waals surface area contributed by atoms with Crippen molar-refractivity contribution >= 4 is 38.4 Å². The summed E-state index contributed by atoms with van der Waals surface area (Å²) in [4.78, 5) is 28.5. The van der Waals surface area contributed by atoms with Crippen molar-refractivity contribution in [3.05, 3.63) is 10.6 Å². The minimum Gasteiger partial charge on any atom is -0.462 e. The lowest BCUT2D eigenvalue weighted by Gasteiger charge is -2.20. The molecule has 128 valence electrons. The first-order valence-electron chi connectivity index (χ1n) is 7.16. The van der Waals surface area contributed by atoms with Gasteiger partial charge in [-0.3, -0.25) is 4.79 Å². The van der Waals surface area contributed by atoms with Gasteiger partial charge in [0.15, 0.2) is 5.13 Å². The molecule has 1 aromatic rings. The Morgan fingerprint density at radius 2 is 2.17 bits per heavy atom. The van der Waals surface area contributed by atoms with Gasteiger partial charge in [0.2, 0.25) is 15.9 Å². The highest BCUT2D eigenvalue weighted by Crippen LogP contribution is 2.26. The minimum absolute atomic E-state index is 0.253. The molecule has 1 amide bonds. The highest BCUT2D eigenvalue weighted by Gasteiger charge is 2.36. The second kappa shape index (κ2) is 6.93. The molecule has 0 saturated carbocycles. The molecule has 0 bridgehead atoms. The van der Waals surface area contributed by atoms with Crippen LogP contribution in [0.15, 0.2) is 0 Å². The highest BCUT2D eigenvalue weighted by atomic mass is 32.2. The first-order chi connectivity index (χ1) is 10.7. The molecular weight excluding hydrogens is 342 g/mol. The summed E-state index contributed by atoms with van der Waals surface area (Å²) in [6.07, 6.45) is 2.19. The van der Waals surface area contributed by atoms with Crippen molar-refractivity contribution in [2.75, 3.05) is 24.7 Å². The van der Waals surface area contributed by atoms with Crippen LogP contribution in [0.2, 0.25) is 0 Å². The van der Waals surface area contributed by atoms with Crippen LogP contribution >= 0.6 is 11.3 Å². The SMILES string of the molecule is CCOC(=O)c1sc(NC(=O)C2CCCN2S(C)(=O)=O)nc1C. The summed E-state index contributed by atoms with van der Waals surface area (Å²) in [5.74, 6) is -0.918. The Labute approximate surface area is 138 Å². The second-order valence-corrected chi connectivity index (χ2v) is 8.11. The highest BCUT2D eigenvalue weighted by molar-refractivity contribution is 7.88. The molecule has 2 heterocycles. The van der Waals surface area contributed by atoms with E-state index in [1.807, 2.05) is 0 Å². The van der Waals surface area contributed by atoms with Crippen LogP contribution in [0.3, 0.4) is 0 Å². The molecule has 8 nitrogen and oxygen atoms in total. The number of sulfonamides is 1. The quantitative estimate of drug-likeness (QED) is 0.784. The summed E-state index contributed by atoms with van der Waals surface area (Å²) in [6, 6.07) is -0.736. The van der Waals surface area contributed by atoms with E-state index in [0.717, 1.165) is 17.6 Å². The number of nitrogens with one attached hydrogen (secondary N) is 1. The van der Waals surface area contributed by atoms with Crippen molar-refractivity contribution < 1.29 is 22.7 Å². The number of hydrogen-bond acceptors (Lipinski definition) is 7. The Morgan fingerprint density at radius 3 is 2.78 bits per heavy atom. The van der Waals surface area contributed by atoms with Gasteiger partial charge in [-0.25, -0.2) is 18.2 Å². The zero-order chi connectivity index (χ0) is 17.2. The molecule has 0 aromatic carbocycles. The fourth-order valence-electron chi connectivity index (χ4n) is 2.42. The van der Waals surface area contributed by atoms with Crippen LogP contribution in [0.1, 0.15) is 35.1 Å². The van der Waals surface area contributed by atoms with Crippen LogP contribution in [0.25, 0.3) is 0 Å². The smallest absolute Gasteiger partial charge is 0.350 e. The third-order valence-corrected chi connectivity index (χ3v) is 5.76. The number of thiazole rings is 1. The van der Waals surface area contributed by atoms with E-state index in [1.165, 1.54) is 4.31 Å². The predicted octanol–water partition coefficient (Wildman–Crippen LogP) is 0.991. The molecule has 0 spiro atoms. The molecular formula is C13H19N3O5S2. The minimum atomic E-state index is -3.43. The number of aryl methyl sites for hydroxylation is 1. The molecule has 10 heteroatoms. The van der Waals surface area contributed by atoms with Crippen molar-refractivity contribution in [2.24, 2.45) is 0 Å². The van der Waals surface area contributed by atoms with Gasteiger partial charge in [0.25, 0.3) is 0 Å². The van der Waals surface area contributed by atoms with E-state index in [0.29, 0.717) is 30.0 Å². The molecule has 1 aliphatic heterocycles. The predicted molar refractivity (Wildman–Crippen MR) is 86.0 cm³/mol. The number of nitrogens with zero attached hydrogens (tertiary/aromatic N) is 2. The summed E-state index contributed by atoms with van der Waals surface area (Å²) in [7, 11) is -3.43. The molecule has 1 fully saturated rings. The molecule has 1 saturated heterocycles. The van der Waals surface area contributed by atoms with Crippen LogP contribution in [0.5, 0.6) is 0 Å². The van der Waals surface area contributed by atoms with Crippen molar-refractivity contribution in [1.82, 2.24) is 9.29 Å². The van der Waals surface area contributed by atoms with E-state index in [2.05, 4.69) is 10.3 Å². The van der Waals surface area contributed by atoms with Gasteiger partial charge in [0.1, 0.15) is 10.9 Å². The Morgan fingerprint density at radius 1 is 1.48 bits per heavy atom. The maximum atomic E-state index is 12.3. The Kier molecular flexibility index (Phi) is 5.37. The van der Waals surface area contributed by atoms with Crippen LogP contribution in [-0.4, -0.2) is 55.0 Å². The van der Waals surface area contributed by atoms with Crippen LogP contribution in [0, 0.1) is 6.92 Å². The molecule has 0 radical (unpaired) electrons. The first-order valence-corrected chi connectivity index (χ1v) is 9.82. The number of carbonyl (C=O) groups excluding carboxylic acids is 2. The average molecular weight is 361 g/mol. The van der Waals surface area contributed by atoms with E-state index in [9.17, 15) is 18.0 Å². The summed E-state index contributed by atoms with van der Waals surface area (Å²) in [5, 5.41) is 2.86. The largest absolute Gasteiger partial charge is 0.462 e. The van der Waals surface area contributed by atoms with E-state index in [1.54, 1.807) is 13.8 Å². The normalized spacial score (nSPS) is 18.8. The first kappa shape index (κ1) is 17.8. The Balaban J connectivity index is 2.12. The fourth-order valence-corrected chi connectivity index (χ4v) is 4.41. The van der Waals surface area contributed by atoms with Crippen LogP contribution < -0.4 is 5.32 Å². The third kappa shape index (κ3) is 4.06. The van der Waals surface area contributed by atoms with E-state index >= 15 is 0 Å². The number of hydrogen-bond donors (Lipinski definition) is 1. The van der Waals surface area contributed by atoms with Crippen molar-refractivity contribution in [2.45, 2.75) is 32.7 Å². The maximum Gasteiger partial charge on any atom is 0.350 e. The van der Waals surface area contributed by atoms with Gasteiger partial charge in [-0.1, -0.05) is 11.3 Å². The van der Waals surface area contributed by atoms with Gasteiger partial charge in [-0.05, 0) is 26.7 Å². The zero-order valence-electron chi connectivity index (χ0n) is 13.2. The van der Waals surface area contributed by atoms with E-state index < -0.39 is 27.9 Å². The summed E-state index contributed by atoms with van der Waals surface area (Å²) >= 11 is 1.02. The molecule has 1 N–H and O–H groups in total. The van der Waals surface area contributed by atoms with Crippen LogP contribution in [-0.2, 0) is 19.6 Å². The monoisotopic (exact) mass is 361 g/mol. The summed E-state index contributed by atoms with van der Waals surface area (Å²) in [6.45, 7) is 3.94. The zero-order valence-corrected chi connectivity index (χ0v) is 14.8. The van der Waals surface area contributed by atoms with Gasteiger partial charge in [0, 0.05) is 6.54 Å². The fraction of sp³-hybridized carbons (Fsp3) is 0.615. The maximum absolute atomic E-state index is 12.3. The lowest BCUT2D eigenvalue weighted by Crippen LogP contribution is -2.42. The summed E-state index contributed by atoms with van der Waals surface area (Å²) < 4.78 is 29.5. The standard InChI is InChI=1S/C13H19N3O5S2/c1-4-21-12(18)10-8(2)14-13(22-10)15-11(17)9-6-5-7-16(9)23(3,19)20/h9H,4-7H2,1-3H3,(H,14,15,17). The topological polar surface area (TPSA) is 106 Å². The Hall–Kier alpha value is -1.52. The number of carbonyl (C=O) groups is 2. The van der Waals surface area contributed by atoms with Crippen LogP contribution in [0.4, 0.5) is 5.13 Å². The van der Waals surface area contributed by atoms with Gasteiger partial charge in [0.05, 0.1) is 18.6 Å². The molecule has 0 aliphatic carbocycles. The van der Waals surface area contributed by atoms with Gasteiger partial charge < -0.3 is 10.1 Å². The number of ether oxygens (including phenoxy) is 1. The number of rotatable bonds is 5. The van der Waals surface area contributed by atoms with Gasteiger partial charge in [-0.15, -0.1) is 0 Å². The molecule has 2 rings (SSSR count). The molecule has 1 aliphatic rings. The van der Waals surface area contributed by atoms with E-state index in [4.69, 9.17) is 4.74 Å². The molecule has 1 atom stereocenters. The van der Waals surface area contributed by atoms with E-state index in [-0.39, 0.29) is 11.7 Å². The molecule has 1 unspecified atom stereocenters. The molecule has 1 aromatic heterocycles. The lowest BCUT2D eigenvalue weighted by molar-refractivity contribution is -0.119. The Bertz CT molecular complexity index is 713. The van der Waals surface area contributed by atoms with Crippen molar-refractivity contribution in [1.29, 1.82) is 0 Å². The van der Waals surface area contributed by atoms with Crippen molar-refractivity contribution in [3.63, 3.8) is 0 Å². The number of esters is 1. The van der Waals surface area contributed by atoms with Gasteiger partial charge in [-0.2, -0.15) is 4.31 Å². The third-order valence-electron chi connectivity index (χ3n) is 3.42. The second-order valence-electron chi connectivity index (χ2n) is 5.18. The average Bonchev–Trinajstić information content (AvgIpc) is 3.05. The lowest BCUT2D eigenvalue weighted by atomic mass is 10.2. The number of amides is 1. The van der Waals surface area contributed by atoms with Crippen molar-refractivity contribution in [3.8, 4) is 0 Å². The summed E-state index contributed by atoms with van der Waals surface area (Å²) in [5.41, 5.74) is 0.468.